The Labute approximate surface area is 119 Å². The third-order valence-electron chi connectivity index (χ3n) is 3.06. The van der Waals surface area contributed by atoms with Crippen molar-refractivity contribution in [3.63, 3.8) is 0 Å². The molecular weight excluding hydrogens is 258 g/mol. The Kier molecular flexibility index (Phi) is 6.83. The zero-order valence-corrected chi connectivity index (χ0v) is 12.2. The van der Waals surface area contributed by atoms with Crippen LogP contribution in [0.15, 0.2) is 23.4 Å². The summed E-state index contributed by atoms with van der Waals surface area (Å²) in [6.45, 7) is 3.53. The fourth-order valence-corrected chi connectivity index (χ4v) is 1.81. The van der Waals surface area contributed by atoms with Gasteiger partial charge in [0, 0.05) is 26.3 Å². The summed E-state index contributed by atoms with van der Waals surface area (Å²) in [5, 5.41) is 15.2. The highest BCUT2D eigenvalue weighted by molar-refractivity contribution is 5.99. The van der Waals surface area contributed by atoms with E-state index in [1.54, 1.807) is 14.2 Å². The number of hydrogen-bond acceptors (Lipinski definition) is 5. The molecule has 0 spiro atoms. The van der Waals surface area contributed by atoms with E-state index in [1.165, 1.54) is 0 Å². The van der Waals surface area contributed by atoms with Crippen LogP contribution in [0.1, 0.15) is 24.5 Å². The molecule has 6 heteroatoms. The Hall–Kier alpha value is -1.79. The first-order chi connectivity index (χ1) is 9.62. The molecule has 0 aliphatic rings. The fraction of sp³-hybridized carbons (Fsp3) is 0.500. The lowest BCUT2D eigenvalue weighted by atomic mass is 10.1. The van der Waals surface area contributed by atoms with E-state index in [0.29, 0.717) is 23.9 Å². The van der Waals surface area contributed by atoms with Crippen LogP contribution in [-0.4, -0.2) is 37.9 Å². The van der Waals surface area contributed by atoms with E-state index in [1.807, 2.05) is 18.2 Å². The van der Waals surface area contributed by atoms with Crippen LogP contribution in [0.4, 0.5) is 0 Å². The van der Waals surface area contributed by atoms with Gasteiger partial charge in [-0.25, -0.2) is 0 Å². The molecule has 6 nitrogen and oxygen atoms in total. The monoisotopic (exact) mass is 281 g/mol. The molecule has 0 amide bonds. The second kappa shape index (κ2) is 8.39. The number of rotatable bonds is 8. The summed E-state index contributed by atoms with van der Waals surface area (Å²) < 4.78 is 10.2. The molecule has 0 aromatic heterocycles. The van der Waals surface area contributed by atoms with Crippen molar-refractivity contribution in [2.75, 3.05) is 20.8 Å². The van der Waals surface area contributed by atoms with Crippen molar-refractivity contribution in [3.8, 4) is 5.75 Å². The van der Waals surface area contributed by atoms with Gasteiger partial charge in [0.1, 0.15) is 5.75 Å². The number of ether oxygens (including phenoxy) is 2. The van der Waals surface area contributed by atoms with Crippen molar-refractivity contribution in [1.29, 1.82) is 0 Å². The first-order valence-corrected chi connectivity index (χ1v) is 6.49. The van der Waals surface area contributed by atoms with Crippen LogP contribution >= 0.6 is 0 Å². The van der Waals surface area contributed by atoms with E-state index in [4.69, 9.17) is 20.4 Å². The smallest absolute Gasteiger partial charge is 0.173 e. The molecule has 1 aromatic rings. The van der Waals surface area contributed by atoms with Gasteiger partial charge < -0.3 is 25.7 Å². The molecule has 0 aliphatic heterocycles. The highest BCUT2D eigenvalue weighted by Crippen LogP contribution is 2.19. The second-order valence-corrected chi connectivity index (χ2v) is 4.58. The number of oxime groups is 1. The fourth-order valence-electron chi connectivity index (χ4n) is 1.81. The maximum absolute atomic E-state index is 8.79. The molecule has 1 rings (SSSR count). The molecular formula is C14H23N3O3. The average molecular weight is 281 g/mol. The first kappa shape index (κ1) is 16.3. The molecule has 1 atom stereocenters. The summed E-state index contributed by atoms with van der Waals surface area (Å²) in [7, 11) is 3.24. The van der Waals surface area contributed by atoms with Gasteiger partial charge in [-0.1, -0.05) is 11.2 Å². The lowest BCUT2D eigenvalue weighted by molar-refractivity contribution is 0.184. The molecule has 112 valence electrons. The van der Waals surface area contributed by atoms with E-state index in [0.717, 1.165) is 18.6 Å². The highest BCUT2D eigenvalue weighted by atomic mass is 16.5. The molecule has 0 saturated carbocycles. The third kappa shape index (κ3) is 4.71. The molecule has 20 heavy (non-hydrogen) atoms. The number of methoxy groups -OCH3 is 2. The van der Waals surface area contributed by atoms with Gasteiger partial charge in [0.2, 0.25) is 0 Å². The lowest BCUT2D eigenvalue weighted by Gasteiger charge is -2.14. The summed E-state index contributed by atoms with van der Waals surface area (Å²) in [6.07, 6.45) is 0.944. The lowest BCUT2D eigenvalue weighted by Crippen LogP contribution is -2.26. The van der Waals surface area contributed by atoms with Gasteiger partial charge in [0.15, 0.2) is 5.84 Å². The minimum Gasteiger partial charge on any atom is -0.496 e. The number of hydrogen-bond donors (Lipinski definition) is 3. The predicted molar refractivity (Wildman–Crippen MR) is 78.3 cm³/mol. The molecule has 1 aromatic carbocycles. The molecule has 0 fully saturated rings. The third-order valence-corrected chi connectivity index (χ3v) is 3.06. The Morgan fingerprint density at radius 3 is 2.80 bits per heavy atom. The average Bonchev–Trinajstić information content (AvgIpc) is 2.49. The molecule has 0 bridgehead atoms. The summed E-state index contributed by atoms with van der Waals surface area (Å²) in [4.78, 5) is 0. The largest absolute Gasteiger partial charge is 0.496 e. The van der Waals surface area contributed by atoms with E-state index in [9.17, 15) is 0 Å². The number of amidine groups is 1. The van der Waals surface area contributed by atoms with Crippen LogP contribution in [-0.2, 0) is 11.3 Å². The zero-order valence-electron chi connectivity index (χ0n) is 12.2. The maximum Gasteiger partial charge on any atom is 0.173 e. The number of nitrogens with zero attached hydrogens (tertiary/aromatic N) is 1. The minimum atomic E-state index is 0.0381. The van der Waals surface area contributed by atoms with Crippen molar-refractivity contribution in [2.45, 2.75) is 25.9 Å². The van der Waals surface area contributed by atoms with Crippen LogP contribution in [0, 0.1) is 0 Å². The summed E-state index contributed by atoms with van der Waals surface area (Å²) in [5.41, 5.74) is 7.27. The van der Waals surface area contributed by atoms with Crippen LogP contribution in [0.25, 0.3) is 0 Å². The van der Waals surface area contributed by atoms with Gasteiger partial charge >= 0.3 is 0 Å². The van der Waals surface area contributed by atoms with E-state index < -0.39 is 0 Å². The van der Waals surface area contributed by atoms with Gasteiger partial charge in [-0.3, -0.25) is 0 Å². The molecule has 0 radical (unpaired) electrons. The van der Waals surface area contributed by atoms with Gasteiger partial charge in [-0.2, -0.15) is 0 Å². The van der Waals surface area contributed by atoms with Crippen molar-refractivity contribution >= 4 is 5.84 Å². The molecule has 1 unspecified atom stereocenters. The van der Waals surface area contributed by atoms with Crippen LogP contribution in [0.5, 0.6) is 5.75 Å². The molecule has 4 N–H and O–H groups in total. The summed E-state index contributed by atoms with van der Waals surface area (Å²) >= 11 is 0. The standard InChI is InChI=1S/C14H23N3O3/c1-10(6-7-19-2)16-9-11-4-5-13(20-3)12(8-11)14(15)17-18/h4-5,8,10,16,18H,6-7,9H2,1-3H3,(H2,15,17). The number of benzene rings is 1. The van der Waals surface area contributed by atoms with Crippen molar-refractivity contribution in [3.05, 3.63) is 29.3 Å². The Morgan fingerprint density at radius 1 is 1.45 bits per heavy atom. The molecule has 0 heterocycles. The highest BCUT2D eigenvalue weighted by Gasteiger charge is 2.09. The van der Waals surface area contributed by atoms with E-state index in [2.05, 4.69) is 17.4 Å². The topological polar surface area (TPSA) is 89.1 Å². The summed E-state index contributed by atoms with van der Waals surface area (Å²) in [5.74, 6) is 0.618. The number of nitrogens with one attached hydrogen (secondary N) is 1. The van der Waals surface area contributed by atoms with E-state index in [-0.39, 0.29) is 5.84 Å². The Bertz CT molecular complexity index is 449. The van der Waals surface area contributed by atoms with Crippen LogP contribution < -0.4 is 15.8 Å². The van der Waals surface area contributed by atoms with Crippen molar-refractivity contribution in [2.24, 2.45) is 10.9 Å². The van der Waals surface area contributed by atoms with Gasteiger partial charge in [0.25, 0.3) is 0 Å². The van der Waals surface area contributed by atoms with Crippen molar-refractivity contribution < 1.29 is 14.7 Å². The quantitative estimate of drug-likeness (QED) is 0.289. The normalized spacial score (nSPS) is 13.2. The van der Waals surface area contributed by atoms with E-state index >= 15 is 0 Å². The van der Waals surface area contributed by atoms with Crippen LogP contribution in [0.3, 0.4) is 0 Å². The van der Waals surface area contributed by atoms with Crippen molar-refractivity contribution in [1.82, 2.24) is 5.32 Å². The molecule has 0 saturated heterocycles. The second-order valence-electron chi connectivity index (χ2n) is 4.58. The Balaban J connectivity index is 2.72. The van der Waals surface area contributed by atoms with Gasteiger partial charge in [-0.05, 0) is 31.0 Å². The SMILES string of the molecule is COCCC(C)NCc1ccc(OC)c(C(N)=NO)c1. The van der Waals surface area contributed by atoms with Gasteiger partial charge in [0.05, 0.1) is 12.7 Å². The minimum absolute atomic E-state index is 0.0381. The Morgan fingerprint density at radius 2 is 2.20 bits per heavy atom. The maximum atomic E-state index is 8.79. The zero-order chi connectivity index (χ0) is 15.0. The number of nitrogens with two attached hydrogens (primary N) is 1. The van der Waals surface area contributed by atoms with Gasteiger partial charge in [-0.15, -0.1) is 0 Å². The molecule has 0 aliphatic carbocycles. The van der Waals surface area contributed by atoms with Crippen LogP contribution in [0.2, 0.25) is 0 Å². The first-order valence-electron chi connectivity index (χ1n) is 6.49. The predicted octanol–water partition coefficient (Wildman–Crippen LogP) is 1.30. The summed E-state index contributed by atoms with van der Waals surface area (Å²) in [6, 6.07) is 5.96.